The number of aliphatic hydroxyl groups excluding tert-OH is 1. The standard InChI is InChI=1S/C23H17F3N6O4/c24-23(25,26)36-15-3-1-2-13(10-15)14-4-5-16-17(11-14)29-22(28-16)30-21(34)18-12-32-19(27-18)6-7-20(31-32)35-9-8-33/h1-7,10-12,33H,8-9H2,(H2,28,29,30,34). The fraction of sp³-hybridized carbons (Fsp3) is 0.130. The molecule has 36 heavy (non-hydrogen) atoms. The lowest BCUT2D eigenvalue weighted by molar-refractivity contribution is -0.274. The fourth-order valence-corrected chi connectivity index (χ4v) is 3.49. The Hall–Kier alpha value is -4.65. The molecule has 0 aliphatic rings. The molecule has 3 N–H and O–H groups in total. The molecule has 3 heterocycles. The maximum Gasteiger partial charge on any atom is 0.573 e. The predicted octanol–water partition coefficient (Wildman–Crippen LogP) is 3.79. The van der Waals surface area contributed by atoms with Crippen LogP contribution in [0.4, 0.5) is 19.1 Å². The molecule has 0 bridgehead atoms. The number of ether oxygens (including phenoxy) is 2. The average Bonchev–Trinajstić information content (AvgIpc) is 3.44. The molecule has 5 rings (SSSR count). The van der Waals surface area contributed by atoms with Gasteiger partial charge >= 0.3 is 6.36 Å². The topological polar surface area (TPSA) is 127 Å². The minimum atomic E-state index is -4.79. The van der Waals surface area contributed by atoms with Crippen LogP contribution < -0.4 is 14.8 Å². The van der Waals surface area contributed by atoms with E-state index in [0.717, 1.165) is 0 Å². The van der Waals surface area contributed by atoms with Crippen LogP contribution in [-0.2, 0) is 0 Å². The zero-order valence-corrected chi connectivity index (χ0v) is 18.3. The molecule has 3 aromatic heterocycles. The number of nitrogens with one attached hydrogen (secondary N) is 2. The lowest BCUT2D eigenvalue weighted by atomic mass is 10.0. The highest BCUT2D eigenvalue weighted by molar-refractivity contribution is 6.03. The number of hydrogen-bond acceptors (Lipinski definition) is 7. The molecule has 184 valence electrons. The smallest absolute Gasteiger partial charge is 0.474 e. The number of amides is 1. The summed E-state index contributed by atoms with van der Waals surface area (Å²) in [5.41, 5.74) is 2.73. The number of nitrogens with zero attached hydrogens (tertiary/aromatic N) is 4. The molecule has 0 radical (unpaired) electrons. The van der Waals surface area contributed by atoms with E-state index in [1.165, 1.54) is 28.9 Å². The molecule has 0 unspecified atom stereocenters. The second kappa shape index (κ2) is 9.19. The zero-order valence-electron chi connectivity index (χ0n) is 18.3. The van der Waals surface area contributed by atoms with E-state index in [1.807, 2.05) is 0 Å². The summed E-state index contributed by atoms with van der Waals surface area (Å²) in [6.07, 6.45) is -3.36. The number of anilines is 1. The molecule has 0 saturated heterocycles. The number of aliphatic hydroxyl groups is 1. The number of fused-ring (bicyclic) bond motifs is 2. The van der Waals surface area contributed by atoms with Crippen LogP contribution in [0.15, 0.2) is 60.8 Å². The van der Waals surface area contributed by atoms with Crippen molar-refractivity contribution < 1.29 is 32.5 Å². The van der Waals surface area contributed by atoms with Crippen molar-refractivity contribution >= 4 is 28.5 Å². The van der Waals surface area contributed by atoms with Gasteiger partial charge in [-0.3, -0.25) is 10.1 Å². The molecule has 0 spiro atoms. The monoisotopic (exact) mass is 498 g/mol. The third-order valence-corrected chi connectivity index (χ3v) is 4.99. The number of benzene rings is 2. The normalized spacial score (nSPS) is 11.7. The van der Waals surface area contributed by atoms with Crippen LogP contribution in [0.3, 0.4) is 0 Å². The molecule has 13 heteroatoms. The molecule has 0 aliphatic heterocycles. The zero-order chi connectivity index (χ0) is 25.3. The summed E-state index contributed by atoms with van der Waals surface area (Å²) < 4.78 is 48.2. The Morgan fingerprint density at radius 1 is 1.08 bits per heavy atom. The van der Waals surface area contributed by atoms with Gasteiger partial charge in [0.2, 0.25) is 11.8 Å². The quantitative estimate of drug-likeness (QED) is 0.312. The first-order valence-corrected chi connectivity index (χ1v) is 10.5. The van der Waals surface area contributed by atoms with Gasteiger partial charge in [0.05, 0.1) is 23.8 Å². The molecule has 10 nitrogen and oxygen atoms in total. The molecule has 0 aliphatic carbocycles. The van der Waals surface area contributed by atoms with Crippen molar-refractivity contribution in [2.75, 3.05) is 18.5 Å². The summed E-state index contributed by atoms with van der Waals surface area (Å²) in [5, 5.41) is 15.7. The number of aromatic nitrogens is 5. The van der Waals surface area contributed by atoms with Crippen molar-refractivity contribution in [1.82, 2.24) is 24.6 Å². The van der Waals surface area contributed by atoms with Gasteiger partial charge < -0.3 is 19.6 Å². The summed E-state index contributed by atoms with van der Waals surface area (Å²) in [6.45, 7) is -0.0732. The highest BCUT2D eigenvalue weighted by Crippen LogP contribution is 2.29. The number of imidazole rings is 2. The van der Waals surface area contributed by atoms with Gasteiger partial charge in [-0.2, -0.15) is 0 Å². The summed E-state index contributed by atoms with van der Waals surface area (Å²) >= 11 is 0. The van der Waals surface area contributed by atoms with E-state index in [9.17, 15) is 18.0 Å². The van der Waals surface area contributed by atoms with E-state index in [-0.39, 0.29) is 36.5 Å². The summed E-state index contributed by atoms with van der Waals surface area (Å²) in [7, 11) is 0. The molecule has 0 fully saturated rings. The Balaban J connectivity index is 1.34. The molecule has 0 atom stereocenters. The summed E-state index contributed by atoms with van der Waals surface area (Å²) in [5.74, 6) is -0.429. The summed E-state index contributed by atoms with van der Waals surface area (Å²) in [6, 6.07) is 13.9. The van der Waals surface area contributed by atoms with Gasteiger partial charge in [-0.25, -0.2) is 14.5 Å². The van der Waals surface area contributed by atoms with Crippen molar-refractivity contribution in [2.45, 2.75) is 6.36 Å². The van der Waals surface area contributed by atoms with Gasteiger partial charge in [0.25, 0.3) is 5.91 Å². The Bertz CT molecular complexity index is 1560. The molecule has 0 saturated carbocycles. The minimum absolute atomic E-state index is 0.0844. The van der Waals surface area contributed by atoms with Gasteiger partial charge in [0, 0.05) is 6.07 Å². The number of carbonyl (C=O) groups is 1. The number of hydrogen-bond donors (Lipinski definition) is 3. The van der Waals surface area contributed by atoms with Crippen LogP contribution in [0, 0.1) is 0 Å². The first-order valence-electron chi connectivity index (χ1n) is 10.5. The fourth-order valence-electron chi connectivity index (χ4n) is 3.49. The highest BCUT2D eigenvalue weighted by Gasteiger charge is 2.31. The molecular formula is C23H17F3N6O4. The number of alkyl halides is 3. The highest BCUT2D eigenvalue weighted by atomic mass is 19.4. The van der Waals surface area contributed by atoms with E-state index in [1.54, 1.807) is 36.4 Å². The Morgan fingerprint density at radius 3 is 2.72 bits per heavy atom. The Kier molecular flexibility index (Phi) is 5.90. The lowest BCUT2D eigenvalue weighted by Gasteiger charge is -2.10. The van der Waals surface area contributed by atoms with Gasteiger partial charge in [0.15, 0.2) is 5.65 Å². The molecular weight excluding hydrogens is 481 g/mol. The van der Waals surface area contributed by atoms with E-state index in [4.69, 9.17) is 9.84 Å². The van der Waals surface area contributed by atoms with E-state index in [0.29, 0.717) is 27.8 Å². The summed E-state index contributed by atoms with van der Waals surface area (Å²) in [4.78, 5) is 24.3. The third-order valence-electron chi connectivity index (χ3n) is 4.99. The largest absolute Gasteiger partial charge is 0.573 e. The van der Waals surface area contributed by atoms with Gasteiger partial charge in [0.1, 0.15) is 18.1 Å². The lowest BCUT2D eigenvalue weighted by Crippen LogP contribution is -2.17. The number of aromatic amines is 1. The van der Waals surface area contributed by atoms with Crippen molar-refractivity contribution in [2.24, 2.45) is 0 Å². The maximum atomic E-state index is 12.7. The van der Waals surface area contributed by atoms with Crippen molar-refractivity contribution in [3.05, 3.63) is 66.5 Å². The van der Waals surface area contributed by atoms with Gasteiger partial charge in [-0.05, 0) is 41.5 Å². The predicted molar refractivity (Wildman–Crippen MR) is 122 cm³/mol. The molecule has 2 aromatic carbocycles. The first-order chi connectivity index (χ1) is 17.3. The number of H-pyrrole nitrogens is 1. The average molecular weight is 498 g/mol. The number of carbonyl (C=O) groups excluding carboxylic acids is 1. The van der Waals surface area contributed by atoms with Crippen LogP contribution >= 0.6 is 0 Å². The third kappa shape index (κ3) is 5.05. The second-order valence-corrected chi connectivity index (χ2v) is 7.52. The maximum absolute atomic E-state index is 12.7. The van der Waals surface area contributed by atoms with Gasteiger partial charge in [-0.1, -0.05) is 18.2 Å². The minimum Gasteiger partial charge on any atom is -0.474 e. The molecule has 5 aromatic rings. The van der Waals surface area contributed by atoms with E-state index < -0.39 is 12.3 Å². The second-order valence-electron chi connectivity index (χ2n) is 7.52. The first kappa shape index (κ1) is 23.1. The van der Waals surface area contributed by atoms with Crippen LogP contribution in [0.25, 0.3) is 27.8 Å². The molecule has 1 amide bonds. The van der Waals surface area contributed by atoms with Crippen molar-refractivity contribution in [3.8, 4) is 22.8 Å². The number of halogens is 3. The Morgan fingerprint density at radius 2 is 1.92 bits per heavy atom. The van der Waals surface area contributed by atoms with E-state index in [2.05, 4.69) is 30.1 Å². The van der Waals surface area contributed by atoms with Crippen LogP contribution in [-0.4, -0.2) is 55.2 Å². The van der Waals surface area contributed by atoms with Crippen LogP contribution in [0.5, 0.6) is 11.6 Å². The van der Waals surface area contributed by atoms with E-state index >= 15 is 0 Å². The Labute approximate surface area is 200 Å². The van der Waals surface area contributed by atoms with Crippen molar-refractivity contribution in [1.29, 1.82) is 0 Å². The SMILES string of the molecule is O=C(Nc1nc2cc(-c3cccc(OC(F)(F)F)c3)ccc2[nH]1)c1cn2nc(OCCO)ccc2n1. The number of rotatable bonds is 7. The van der Waals surface area contributed by atoms with Gasteiger partial charge in [-0.15, -0.1) is 18.3 Å². The van der Waals surface area contributed by atoms with Crippen molar-refractivity contribution in [3.63, 3.8) is 0 Å². The van der Waals surface area contributed by atoms with Crippen LogP contribution in [0.1, 0.15) is 10.5 Å². The van der Waals surface area contributed by atoms with Crippen LogP contribution in [0.2, 0.25) is 0 Å².